The normalized spacial score (nSPS) is 19.7. The van der Waals surface area contributed by atoms with Crippen LogP contribution in [0.5, 0.6) is 0 Å². The van der Waals surface area contributed by atoms with Crippen molar-refractivity contribution in [3.8, 4) is 0 Å². The molecule has 17 heavy (non-hydrogen) atoms. The van der Waals surface area contributed by atoms with Crippen molar-refractivity contribution in [1.29, 1.82) is 0 Å². The average Bonchev–Trinajstić information content (AvgIpc) is 2.58. The molecule has 0 radical (unpaired) electrons. The Balaban J connectivity index is 2.14. The van der Waals surface area contributed by atoms with E-state index in [9.17, 15) is 0 Å². The fourth-order valence-electron chi connectivity index (χ4n) is 2.25. The van der Waals surface area contributed by atoms with Gasteiger partial charge in [0, 0.05) is 17.8 Å². The van der Waals surface area contributed by atoms with E-state index < -0.39 is 0 Å². The molecule has 0 saturated carbocycles. The van der Waals surface area contributed by atoms with E-state index >= 15 is 0 Å². The number of nitrogens with one attached hydrogen (secondary N) is 1. The third-order valence-electron chi connectivity index (χ3n) is 3.43. The van der Waals surface area contributed by atoms with E-state index in [0.29, 0.717) is 0 Å². The molecule has 1 aliphatic rings. The van der Waals surface area contributed by atoms with E-state index in [-0.39, 0.29) is 11.0 Å². The molecule has 1 aliphatic heterocycles. The van der Waals surface area contributed by atoms with Gasteiger partial charge in [0.25, 0.3) is 0 Å². The second-order valence-electron chi connectivity index (χ2n) is 6.71. The number of anilines is 1. The Labute approximate surface area is 105 Å². The largest absolute Gasteiger partial charge is 0.357 e. The van der Waals surface area contributed by atoms with Crippen LogP contribution >= 0.6 is 0 Å². The zero-order valence-electron chi connectivity index (χ0n) is 11.7. The molecule has 0 aromatic heterocycles. The summed E-state index contributed by atoms with van der Waals surface area (Å²) in [6.45, 7) is 13.3. The number of benzene rings is 1. The summed E-state index contributed by atoms with van der Waals surface area (Å²) in [7, 11) is 0. The number of hydrogen-bond donors (Lipinski definition) is 1. The maximum atomic E-state index is 3.52. The van der Waals surface area contributed by atoms with Crippen LogP contribution in [-0.2, 0) is 5.41 Å². The molecule has 1 aromatic rings. The van der Waals surface area contributed by atoms with Gasteiger partial charge >= 0.3 is 0 Å². The van der Waals surface area contributed by atoms with Gasteiger partial charge in [0.05, 0.1) is 6.67 Å². The standard InChI is InChI=1S/C15H24N2/c1-14(2,3)12-6-8-13(9-7-12)17-10-15(4,5)16-11-17/h6-9,16H,10-11H2,1-5H3. The number of nitrogens with zero attached hydrogens (tertiary/aromatic N) is 1. The molecule has 1 aromatic carbocycles. The first kappa shape index (κ1) is 12.4. The summed E-state index contributed by atoms with van der Waals surface area (Å²) >= 11 is 0. The van der Waals surface area contributed by atoms with Crippen molar-refractivity contribution in [3.63, 3.8) is 0 Å². The highest BCUT2D eigenvalue weighted by molar-refractivity contribution is 5.49. The lowest BCUT2D eigenvalue weighted by Crippen LogP contribution is -2.34. The van der Waals surface area contributed by atoms with Crippen LogP contribution in [0.1, 0.15) is 40.2 Å². The molecule has 2 rings (SSSR count). The molecule has 2 heteroatoms. The summed E-state index contributed by atoms with van der Waals surface area (Å²) in [5.74, 6) is 0. The second-order valence-corrected chi connectivity index (χ2v) is 6.71. The van der Waals surface area contributed by atoms with Crippen LogP contribution in [-0.4, -0.2) is 18.8 Å². The summed E-state index contributed by atoms with van der Waals surface area (Å²) in [6.07, 6.45) is 0. The van der Waals surface area contributed by atoms with Gasteiger partial charge in [-0.05, 0) is 37.0 Å². The molecule has 1 heterocycles. The maximum absolute atomic E-state index is 3.52. The molecular formula is C15H24N2. The van der Waals surface area contributed by atoms with Gasteiger partial charge in [-0.1, -0.05) is 32.9 Å². The van der Waals surface area contributed by atoms with Crippen LogP contribution in [0.3, 0.4) is 0 Å². The van der Waals surface area contributed by atoms with Crippen molar-refractivity contribution < 1.29 is 0 Å². The highest BCUT2D eigenvalue weighted by atomic mass is 15.3. The fourth-order valence-corrected chi connectivity index (χ4v) is 2.25. The van der Waals surface area contributed by atoms with Gasteiger partial charge in [-0.3, -0.25) is 5.32 Å². The van der Waals surface area contributed by atoms with Crippen LogP contribution in [0.4, 0.5) is 5.69 Å². The Morgan fingerprint density at radius 3 is 2.12 bits per heavy atom. The van der Waals surface area contributed by atoms with E-state index in [0.717, 1.165) is 13.2 Å². The molecule has 0 amide bonds. The zero-order valence-corrected chi connectivity index (χ0v) is 11.7. The van der Waals surface area contributed by atoms with Gasteiger partial charge in [-0.25, -0.2) is 0 Å². The molecule has 0 spiro atoms. The molecule has 0 bridgehead atoms. The summed E-state index contributed by atoms with van der Waals surface area (Å²) in [5.41, 5.74) is 3.17. The topological polar surface area (TPSA) is 15.3 Å². The third-order valence-corrected chi connectivity index (χ3v) is 3.43. The van der Waals surface area contributed by atoms with Crippen LogP contribution in [0.15, 0.2) is 24.3 Å². The Bertz CT molecular complexity index is 384. The van der Waals surface area contributed by atoms with Crippen molar-refractivity contribution in [2.45, 2.75) is 45.6 Å². The first-order valence-corrected chi connectivity index (χ1v) is 6.38. The van der Waals surface area contributed by atoms with E-state index in [2.05, 4.69) is 69.1 Å². The summed E-state index contributed by atoms with van der Waals surface area (Å²) in [5, 5.41) is 3.52. The minimum absolute atomic E-state index is 0.225. The molecule has 1 saturated heterocycles. The minimum atomic E-state index is 0.225. The molecule has 0 aliphatic carbocycles. The quantitative estimate of drug-likeness (QED) is 0.800. The molecular weight excluding hydrogens is 208 g/mol. The molecule has 0 unspecified atom stereocenters. The predicted octanol–water partition coefficient (Wildman–Crippen LogP) is 3.13. The van der Waals surface area contributed by atoms with Crippen molar-refractivity contribution >= 4 is 5.69 Å². The summed E-state index contributed by atoms with van der Waals surface area (Å²) in [4.78, 5) is 2.40. The van der Waals surface area contributed by atoms with Crippen molar-refractivity contribution in [1.82, 2.24) is 5.32 Å². The van der Waals surface area contributed by atoms with Crippen LogP contribution < -0.4 is 10.2 Å². The molecule has 94 valence electrons. The Morgan fingerprint density at radius 2 is 1.71 bits per heavy atom. The van der Waals surface area contributed by atoms with Crippen molar-refractivity contribution in [2.75, 3.05) is 18.1 Å². The number of rotatable bonds is 1. The van der Waals surface area contributed by atoms with Crippen molar-refractivity contribution in [2.24, 2.45) is 0 Å². The fraction of sp³-hybridized carbons (Fsp3) is 0.600. The second kappa shape index (κ2) is 4.02. The van der Waals surface area contributed by atoms with Crippen LogP contribution in [0, 0.1) is 0 Å². The number of hydrogen-bond acceptors (Lipinski definition) is 2. The van der Waals surface area contributed by atoms with Gasteiger partial charge in [0.2, 0.25) is 0 Å². The lowest BCUT2D eigenvalue weighted by Gasteiger charge is -2.23. The van der Waals surface area contributed by atoms with Gasteiger partial charge < -0.3 is 4.90 Å². The van der Waals surface area contributed by atoms with Crippen LogP contribution in [0.25, 0.3) is 0 Å². The van der Waals surface area contributed by atoms with Gasteiger partial charge in [0.1, 0.15) is 0 Å². The maximum Gasteiger partial charge on any atom is 0.0687 e. The van der Waals surface area contributed by atoms with Gasteiger partial charge in [0.15, 0.2) is 0 Å². The minimum Gasteiger partial charge on any atom is -0.357 e. The first-order chi connectivity index (χ1) is 7.78. The Hall–Kier alpha value is -1.02. The SMILES string of the molecule is CC1(C)CN(c2ccc(C(C)(C)C)cc2)CN1. The van der Waals surface area contributed by atoms with Gasteiger partial charge in [-0.15, -0.1) is 0 Å². The Morgan fingerprint density at radius 1 is 1.12 bits per heavy atom. The highest BCUT2D eigenvalue weighted by Crippen LogP contribution is 2.26. The van der Waals surface area contributed by atoms with Crippen LogP contribution in [0.2, 0.25) is 0 Å². The van der Waals surface area contributed by atoms with E-state index in [4.69, 9.17) is 0 Å². The van der Waals surface area contributed by atoms with E-state index in [1.807, 2.05) is 0 Å². The van der Waals surface area contributed by atoms with E-state index in [1.54, 1.807) is 0 Å². The zero-order chi connectivity index (χ0) is 12.7. The first-order valence-electron chi connectivity index (χ1n) is 6.38. The lowest BCUT2D eigenvalue weighted by molar-refractivity contribution is 0.488. The third kappa shape index (κ3) is 2.81. The summed E-state index contributed by atoms with van der Waals surface area (Å²) in [6, 6.07) is 8.98. The predicted molar refractivity (Wildman–Crippen MR) is 74.6 cm³/mol. The average molecular weight is 232 g/mol. The monoisotopic (exact) mass is 232 g/mol. The molecule has 1 fully saturated rings. The highest BCUT2D eigenvalue weighted by Gasteiger charge is 2.28. The smallest absolute Gasteiger partial charge is 0.0687 e. The molecule has 0 atom stereocenters. The van der Waals surface area contributed by atoms with E-state index in [1.165, 1.54) is 11.3 Å². The Kier molecular flexibility index (Phi) is 2.94. The van der Waals surface area contributed by atoms with Crippen molar-refractivity contribution in [3.05, 3.63) is 29.8 Å². The molecule has 2 nitrogen and oxygen atoms in total. The summed E-state index contributed by atoms with van der Waals surface area (Å²) < 4.78 is 0. The molecule has 1 N–H and O–H groups in total. The lowest BCUT2D eigenvalue weighted by atomic mass is 9.87. The van der Waals surface area contributed by atoms with Gasteiger partial charge in [-0.2, -0.15) is 0 Å².